The Labute approximate surface area is 635 Å². The van der Waals surface area contributed by atoms with Crippen LogP contribution in [0.3, 0.4) is 0 Å². The van der Waals surface area contributed by atoms with E-state index < -0.39 is 0 Å². The number of carbonyl (C=O) groups is 10. The van der Waals surface area contributed by atoms with Gasteiger partial charge in [0.1, 0.15) is 61.4 Å². The van der Waals surface area contributed by atoms with Gasteiger partial charge in [-0.2, -0.15) is 0 Å². The van der Waals surface area contributed by atoms with Crippen LogP contribution in [0, 0.1) is 71.0 Å². The van der Waals surface area contributed by atoms with Crippen molar-refractivity contribution >= 4 is 61.4 Å². The molecule has 11 atom stereocenters. The molecule has 2 saturated carbocycles. The molecule has 2 aromatic carbocycles. The quantitative estimate of drug-likeness (QED) is 0.0465. The molecule has 0 bridgehead atoms. The number of Topliss-reactive ketones (excluding diaryl/α,β-unsaturated/α-hetero) is 3. The fourth-order valence-corrected chi connectivity index (χ4v) is 10.7. The van der Waals surface area contributed by atoms with Gasteiger partial charge in [0.05, 0.1) is 0 Å². The molecule has 592 valence electrons. The molecule has 0 radical (unpaired) electrons. The lowest BCUT2D eigenvalue weighted by Crippen LogP contribution is -2.27. The molecule has 2 fully saturated rings. The van der Waals surface area contributed by atoms with Gasteiger partial charge in [-0.3, -0.25) is 9.59 Å². The molecular weight excluding hydrogens is 1280 g/mol. The van der Waals surface area contributed by atoms with E-state index >= 15 is 0 Å². The SMILES string of the molecule is CC(C)=CCC/C(C)=C/CCC(C)CC=O.CC(C)=CCCC(C)CC=O.CC(C)CCCC(C)CC=O.CC(CC=O)Cc1ccccc1.CC(CC=O)c1ccccc1.CC1CCC(=O)C1.CC1CCC(C(C)C)C(=O)C1.CCC(C)CC(C)=O.CCC(C)CC=O.CCCCC(C)CC=O. The van der Waals surface area contributed by atoms with Crippen LogP contribution in [0.5, 0.6) is 0 Å². The van der Waals surface area contributed by atoms with Crippen molar-refractivity contribution in [1.82, 2.24) is 0 Å². The summed E-state index contributed by atoms with van der Waals surface area (Å²) in [5, 5.41) is 0. The average molecular weight is 1440 g/mol. The Hall–Kier alpha value is -5.64. The van der Waals surface area contributed by atoms with Crippen LogP contribution in [0.1, 0.15) is 356 Å². The van der Waals surface area contributed by atoms with E-state index in [-0.39, 0.29) is 0 Å². The highest BCUT2D eigenvalue weighted by atomic mass is 16.1. The van der Waals surface area contributed by atoms with Crippen LogP contribution in [0.2, 0.25) is 0 Å². The first-order valence-corrected chi connectivity index (χ1v) is 40.3. The molecule has 11 unspecified atom stereocenters. The summed E-state index contributed by atoms with van der Waals surface area (Å²) in [4.78, 5) is 103. The highest BCUT2D eigenvalue weighted by Gasteiger charge is 2.28. The number of aldehydes is 7. The normalized spacial score (nSPS) is 16.4. The predicted octanol–water partition coefficient (Wildman–Crippen LogP) is 25.6. The first-order valence-electron chi connectivity index (χ1n) is 40.3. The molecule has 0 heterocycles. The highest BCUT2D eigenvalue weighted by Crippen LogP contribution is 2.30. The zero-order chi connectivity index (χ0) is 79.8. The van der Waals surface area contributed by atoms with Crippen LogP contribution in [0.15, 0.2) is 95.6 Å². The Morgan fingerprint density at radius 2 is 0.864 bits per heavy atom. The molecule has 2 aliphatic rings. The number of unbranched alkanes of at least 4 members (excludes halogenated alkanes) is 1. The van der Waals surface area contributed by atoms with E-state index in [1.807, 2.05) is 48.5 Å². The van der Waals surface area contributed by atoms with Crippen molar-refractivity contribution in [2.24, 2.45) is 71.0 Å². The summed E-state index contributed by atoms with van der Waals surface area (Å²) in [6.45, 7) is 48.7. The van der Waals surface area contributed by atoms with Gasteiger partial charge >= 0.3 is 0 Å². The van der Waals surface area contributed by atoms with E-state index in [9.17, 15) is 47.9 Å². The van der Waals surface area contributed by atoms with Crippen molar-refractivity contribution in [2.75, 3.05) is 0 Å². The number of benzene rings is 2. The molecule has 0 amide bonds. The summed E-state index contributed by atoms with van der Waals surface area (Å²) in [5.41, 5.74) is 6.78. The molecule has 0 spiro atoms. The summed E-state index contributed by atoms with van der Waals surface area (Å²) in [7, 11) is 0. The van der Waals surface area contributed by atoms with Crippen molar-refractivity contribution in [1.29, 1.82) is 0 Å². The molecule has 0 aromatic heterocycles. The topological polar surface area (TPSA) is 171 Å². The maximum Gasteiger partial charge on any atom is 0.136 e. The number of hydrogen-bond donors (Lipinski definition) is 0. The van der Waals surface area contributed by atoms with Gasteiger partial charge in [0, 0.05) is 76.5 Å². The van der Waals surface area contributed by atoms with E-state index in [1.165, 1.54) is 72.8 Å². The van der Waals surface area contributed by atoms with Gasteiger partial charge in [-0.15, -0.1) is 0 Å². The fraction of sp³-hybridized carbons (Fsp3) is 0.699. The van der Waals surface area contributed by atoms with E-state index in [4.69, 9.17) is 0 Å². The molecule has 4 rings (SSSR count). The maximum absolute atomic E-state index is 11.4. The molecule has 0 saturated heterocycles. The minimum Gasteiger partial charge on any atom is -0.303 e. The third-order valence-electron chi connectivity index (χ3n) is 18.5. The number of allylic oxidation sites excluding steroid dienone is 6. The summed E-state index contributed by atoms with van der Waals surface area (Å²) >= 11 is 0. The zero-order valence-electron chi connectivity index (χ0n) is 70.6. The molecule has 2 aromatic rings. The van der Waals surface area contributed by atoms with Gasteiger partial charge < -0.3 is 38.4 Å². The van der Waals surface area contributed by atoms with Crippen molar-refractivity contribution in [3.05, 3.63) is 107 Å². The first-order chi connectivity index (χ1) is 48.7. The second kappa shape index (κ2) is 77.5. The molecule has 10 heteroatoms. The lowest BCUT2D eigenvalue weighted by atomic mass is 9.77. The number of carbonyl (C=O) groups excluding carboxylic acids is 10. The summed E-state index contributed by atoms with van der Waals surface area (Å²) in [6.07, 6.45) is 42.9. The lowest BCUT2D eigenvalue weighted by molar-refractivity contribution is -0.127. The summed E-state index contributed by atoms with van der Waals surface area (Å²) < 4.78 is 0. The number of hydrogen-bond acceptors (Lipinski definition) is 10. The van der Waals surface area contributed by atoms with Gasteiger partial charge in [0.2, 0.25) is 0 Å². The van der Waals surface area contributed by atoms with E-state index in [2.05, 4.69) is 183 Å². The van der Waals surface area contributed by atoms with Crippen LogP contribution in [0.4, 0.5) is 0 Å². The number of rotatable bonds is 38. The van der Waals surface area contributed by atoms with Crippen molar-refractivity contribution < 1.29 is 47.9 Å². The first kappa shape index (κ1) is 108. The number of ketones is 3. The minimum absolute atomic E-state index is 0.305. The average Bonchev–Trinajstić information content (AvgIpc) is 1.45. The van der Waals surface area contributed by atoms with E-state index in [1.54, 1.807) is 6.92 Å². The lowest BCUT2D eigenvalue weighted by Gasteiger charge is -2.27. The third kappa shape index (κ3) is 83.5. The molecule has 103 heavy (non-hydrogen) atoms. The third-order valence-corrected chi connectivity index (χ3v) is 18.5. The smallest absolute Gasteiger partial charge is 0.136 e. The zero-order valence-corrected chi connectivity index (χ0v) is 70.6. The summed E-state index contributed by atoms with van der Waals surface area (Å²) in [6, 6.07) is 20.3. The van der Waals surface area contributed by atoms with Gasteiger partial charge in [-0.05, 0) is 188 Å². The Morgan fingerprint density at radius 3 is 1.22 bits per heavy atom. The predicted molar refractivity (Wildman–Crippen MR) is 443 cm³/mol. The standard InChI is InChI=1S/C15H26O.C11H14O.C10H18O.C10H12O.C10H20O.C10H18O.C8H16O.C7H14O.C6H10O.C6H12O/c1-13(2)7-5-8-14(3)9-6-10-15(4)11-12-16;1-10(7-8-12)9-11-5-3-2-4-6-11;1-7(2)9-5-4-8(3)6-10(9)11;1-9(7-8-11)10-5-3-2-4-6-10;2*1-9(2)5-4-6-10(3)7-8-11;1-3-4-5-8(2)6-7-9;1-4-6(2)5-7(3)8;1-5-2-3-6(7)4-5;1-3-6(2)4-5-7/h7,9,12,15H,5-6,8,10-11H2,1-4H3;2-6,8,10H,7,9H2,1H3;7-9H,4-6H2,1-3H3;2-6,8-9H,7H2,1H3;8-10H,4-7H2,1-3H3;5,8,10H,4,6-7H2,1-3H3;7-8H,3-6H2,1-2H3;6H,4-5H2,1-3H3;5H,2-4H2,1H3;5-6H,3-4H2,1-2H3/b14-9+;;;;;;;;;. The minimum atomic E-state index is 0.305. The van der Waals surface area contributed by atoms with Gasteiger partial charge in [-0.1, -0.05) is 265 Å². The Kier molecular flexibility index (Phi) is 81.5. The van der Waals surface area contributed by atoms with Crippen LogP contribution >= 0.6 is 0 Å². The van der Waals surface area contributed by atoms with E-state index in [0.29, 0.717) is 114 Å². The van der Waals surface area contributed by atoms with Crippen molar-refractivity contribution in [2.45, 2.75) is 351 Å². The largest absolute Gasteiger partial charge is 0.303 e. The maximum atomic E-state index is 11.4. The van der Waals surface area contributed by atoms with Crippen LogP contribution in [-0.2, 0) is 54.4 Å². The summed E-state index contributed by atoms with van der Waals surface area (Å²) in [5.74, 6) is 8.52. The van der Waals surface area contributed by atoms with Crippen molar-refractivity contribution in [3.63, 3.8) is 0 Å². The van der Waals surface area contributed by atoms with Gasteiger partial charge in [-0.25, -0.2) is 0 Å². The molecule has 0 aliphatic heterocycles. The second-order valence-electron chi connectivity index (χ2n) is 31.6. The fourth-order valence-electron chi connectivity index (χ4n) is 10.7. The monoisotopic (exact) mass is 1440 g/mol. The van der Waals surface area contributed by atoms with Crippen LogP contribution in [-0.4, -0.2) is 61.4 Å². The second-order valence-corrected chi connectivity index (χ2v) is 31.6. The van der Waals surface area contributed by atoms with Gasteiger partial charge in [0.15, 0.2) is 0 Å². The van der Waals surface area contributed by atoms with Crippen molar-refractivity contribution in [3.8, 4) is 0 Å². The molecule has 2 aliphatic carbocycles. The van der Waals surface area contributed by atoms with Crippen LogP contribution < -0.4 is 0 Å². The molecular formula is C93H160O10. The van der Waals surface area contributed by atoms with Crippen LogP contribution in [0.25, 0.3) is 0 Å². The molecule has 10 nitrogen and oxygen atoms in total. The Bertz CT molecular complexity index is 2420. The highest BCUT2D eigenvalue weighted by molar-refractivity contribution is 5.82. The van der Waals surface area contributed by atoms with Gasteiger partial charge in [0.25, 0.3) is 0 Å². The molecule has 0 N–H and O–H groups in total. The van der Waals surface area contributed by atoms with E-state index in [0.717, 1.165) is 165 Å². The Balaban J connectivity index is -0.000000256. The Morgan fingerprint density at radius 1 is 0.447 bits per heavy atom.